The van der Waals surface area contributed by atoms with E-state index in [9.17, 15) is 0 Å². The molecule has 0 aromatic carbocycles. The van der Waals surface area contributed by atoms with Gasteiger partial charge in [0.2, 0.25) is 0 Å². The van der Waals surface area contributed by atoms with Gasteiger partial charge in [0.1, 0.15) is 0 Å². The van der Waals surface area contributed by atoms with Crippen LogP contribution < -0.4 is 0 Å². The average molecular weight is 72.0 g/mol. The maximum Gasteiger partial charge on any atom is 0.373 e. The Bertz CT molecular complexity index is 64.1. The molecule has 1 aromatic rings. The van der Waals surface area contributed by atoms with Gasteiger partial charge in [0.25, 0.3) is 0 Å². The molecule has 0 fully saturated rings. The van der Waals surface area contributed by atoms with Crippen LogP contribution in [0, 0.1) is 0 Å². The lowest BCUT2D eigenvalue weighted by Gasteiger charge is -1.25. The Labute approximate surface area is 28.2 Å². The van der Waals surface area contributed by atoms with E-state index in [0.717, 1.165) is 0 Å². The largest absolute Gasteiger partial charge is 0.373 e. The summed E-state index contributed by atoms with van der Waals surface area (Å²) in [6.45, 7) is 0. The molecule has 0 radical (unpaired) electrons. The molecule has 0 saturated carbocycles. The quantitative estimate of drug-likeness (QED) is 0.420. The first kappa shape index (κ1) is 2.38. The predicted molar refractivity (Wildman–Crippen MR) is 13.2 cm³/mol. The van der Waals surface area contributed by atoms with Crippen LogP contribution in [-0.2, 0) is 0 Å². The van der Waals surface area contributed by atoms with E-state index in [2.05, 4.69) is 14.4 Å². The minimum Gasteiger partial charge on any atom is -0.157 e. The number of hydrogen-bond acceptors (Lipinski definition) is 2. The average Bonchev–Trinajstić information content (AvgIpc) is 1.76. The first-order valence-electron chi connectivity index (χ1n) is 1.17. The summed E-state index contributed by atoms with van der Waals surface area (Å²) < 4.78 is 8.33. The summed E-state index contributed by atoms with van der Waals surface area (Å²) in [5.74, 6) is 0. The van der Waals surface area contributed by atoms with E-state index in [1.807, 2.05) is 0 Å². The molecule has 0 atom stereocenters. The molecule has 3 heteroatoms. The van der Waals surface area contributed by atoms with Gasteiger partial charge in [-0.2, -0.15) is 9.05 Å². The maximum absolute atomic E-state index is 4.17. The second-order valence-electron chi connectivity index (χ2n) is 0.558. The van der Waals surface area contributed by atoms with E-state index in [1.165, 1.54) is 12.5 Å². The second-order valence-corrected chi connectivity index (χ2v) is 0.558. The molecule has 0 amide bonds. The van der Waals surface area contributed by atoms with E-state index in [1.54, 1.807) is 0 Å². The lowest BCUT2D eigenvalue weighted by molar-refractivity contribution is 0.234. The van der Waals surface area contributed by atoms with Crippen LogP contribution in [0.3, 0.4) is 0 Å². The van der Waals surface area contributed by atoms with Crippen LogP contribution in [0.1, 0.15) is 0 Å². The summed E-state index contributed by atoms with van der Waals surface area (Å²) in [4.78, 5) is 0. The lowest BCUT2D eigenvalue weighted by atomic mass is 11.1. The Morgan fingerprint density at radius 3 is 3.00 bits per heavy atom. The Hall–Kier alpha value is -0.860. The summed E-state index contributed by atoms with van der Waals surface area (Å²) in [5.41, 5.74) is 0. The van der Waals surface area contributed by atoms with Crippen LogP contribution in [0.2, 0.25) is 0 Å². The fourth-order valence-electron chi connectivity index (χ4n) is 0.124. The van der Waals surface area contributed by atoms with Crippen molar-refractivity contribution in [3.63, 3.8) is 0 Å². The molecule has 0 spiro atoms. The molecule has 0 N–H and O–H groups in total. The molecule has 1 heterocycles. The molecule has 0 bridgehead atoms. The van der Waals surface area contributed by atoms with Gasteiger partial charge in [0.05, 0.1) is 0 Å². The first-order valence-corrected chi connectivity index (χ1v) is 1.17. The standard InChI is InChI=1S/C2H2NO2/c1-2-5-3-4-1/h1-2H/q+1. The molecule has 1 aromatic heterocycles. The molecular weight excluding hydrogens is 70.0 g/mol. The third-order valence-corrected chi connectivity index (χ3v) is 0.263. The van der Waals surface area contributed by atoms with Crippen LogP contribution in [0.5, 0.6) is 0 Å². The van der Waals surface area contributed by atoms with Crippen LogP contribution in [0.4, 0.5) is 0 Å². The van der Waals surface area contributed by atoms with Gasteiger partial charge < -0.3 is 0 Å². The van der Waals surface area contributed by atoms with Gasteiger partial charge in [-0.1, -0.05) is 0 Å². The third-order valence-electron chi connectivity index (χ3n) is 0.263. The smallest absolute Gasteiger partial charge is 0.157 e. The zero-order valence-corrected chi connectivity index (χ0v) is 2.42. The molecule has 0 aliphatic rings. The van der Waals surface area contributed by atoms with E-state index < -0.39 is 0 Å². The van der Waals surface area contributed by atoms with Crippen LogP contribution in [0.25, 0.3) is 0 Å². The van der Waals surface area contributed by atoms with Crippen LogP contribution in [0.15, 0.2) is 21.6 Å². The summed E-state index contributed by atoms with van der Waals surface area (Å²) >= 11 is 0. The number of rotatable bonds is 0. The topological polar surface area (TPSA) is 37.3 Å². The molecule has 0 saturated heterocycles. The highest BCUT2D eigenvalue weighted by Gasteiger charge is 1.80. The van der Waals surface area contributed by atoms with Crippen LogP contribution in [-0.4, -0.2) is 5.33 Å². The van der Waals surface area contributed by atoms with Crippen LogP contribution >= 0.6 is 0 Å². The Morgan fingerprint density at radius 1 is 1.80 bits per heavy atom. The normalized spacial score (nSPS) is 8.00. The first-order chi connectivity index (χ1) is 2.50. The third kappa shape index (κ3) is 0.238. The molecule has 0 aliphatic carbocycles. The fourth-order valence-corrected chi connectivity index (χ4v) is 0.124. The molecule has 5 heavy (non-hydrogen) atoms. The maximum atomic E-state index is 4.17. The van der Waals surface area contributed by atoms with E-state index in [0.29, 0.717) is 0 Å². The SMILES string of the molecule is c1c[o+]no1. The Morgan fingerprint density at radius 2 is 2.80 bits per heavy atom. The van der Waals surface area contributed by atoms with E-state index >= 15 is 0 Å². The molecule has 0 aliphatic heterocycles. The van der Waals surface area contributed by atoms with Gasteiger partial charge in [0, 0.05) is 0 Å². The molecule has 0 unspecified atom stereocenters. The predicted octanol–water partition coefficient (Wildman–Crippen LogP) is 0.549. The number of aromatic nitrogens is 1. The van der Waals surface area contributed by atoms with E-state index in [-0.39, 0.29) is 0 Å². The van der Waals surface area contributed by atoms with Gasteiger partial charge in [-0.25, -0.2) is 0 Å². The van der Waals surface area contributed by atoms with Crippen molar-refractivity contribution in [3.8, 4) is 0 Å². The molecule has 26 valence electrons. The second kappa shape index (κ2) is 0.839. The minimum atomic E-state index is 1.35. The Balaban J connectivity index is 3.13. The number of nitrogens with zero attached hydrogens (tertiary/aromatic N) is 1. The van der Waals surface area contributed by atoms with E-state index in [4.69, 9.17) is 0 Å². The van der Waals surface area contributed by atoms with Crippen molar-refractivity contribution in [2.45, 2.75) is 0 Å². The van der Waals surface area contributed by atoms with Gasteiger partial charge in [0.15, 0.2) is 0 Å². The zero-order valence-electron chi connectivity index (χ0n) is 2.42. The van der Waals surface area contributed by atoms with Crippen molar-refractivity contribution in [1.82, 2.24) is 5.33 Å². The molecular formula is C2H2NO2+. The highest BCUT2D eigenvalue weighted by atomic mass is 16.7. The number of hydrogen-bond donors (Lipinski definition) is 0. The van der Waals surface area contributed by atoms with Gasteiger partial charge >= 0.3 is 17.9 Å². The van der Waals surface area contributed by atoms with Crippen molar-refractivity contribution in [2.24, 2.45) is 0 Å². The monoisotopic (exact) mass is 72.0 g/mol. The van der Waals surface area contributed by atoms with Crippen molar-refractivity contribution in [3.05, 3.63) is 12.5 Å². The van der Waals surface area contributed by atoms with Crippen molar-refractivity contribution >= 4 is 0 Å². The van der Waals surface area contributed by atoms with Crippen molar-refractivity contribution < 1.29 is 9.05 Å². The highest BCUT2D eigenvalue weighted by Crippen LogP contribution is 1.71. The highest BCUT2D eigenvalue weighted by molar-refractivity contribution is 4.41. The summed E-state index contributed by atoms with van der Waals surface area (Å²) in [5, 5.41) is 2.97. The minimum absolute atomic E-state index is 1.35. The lowest BCUT2D eigenvalue weighted by Crippen LogP contribution is -1.38. The van der Waals surface area contributed by atoms with Crippen molar-refractivity contribution in [1.29, 1.82) is 0 Å². The van der Waals surface area contributed by atoms with Gasteiger partial charge in [-0.3, -0.25) is 0 Å². The molecule has 1 rings (SSSR count). The Kier molecular flexibility index (Phi) is 0.400. The summed E-state index contributed by atoms with van der Waals surface area (Å²) in [6, 6.07) is 0. The van der Waals surface area contributed by atoms with Gasteiger partial charge in [-0.05, 0) is 0 Å². The molecule has 3 nitrogen and oxygen atoms in total. The summed E-state index contributed by atoms with van der Waals surface area (Å²) in [6.07, 6.45) is 2.69. The van der Waals surface area contributed by atoms with Crippen molar-refractivity contribution in [2.75, 3.05) is 0 Å². The van der Waals surface area contributed by atoms with Gasteiger partial charge in [-0.15, -0.1) is 0 Å². The zero-order chi connectivity index (χ0) is 3.54. The fraction of sp³-hybridized carbons (Fsp3) is 0. The summed E-state index contributed by atoms with van der Waals surface area (Å²) in [7, 11) is 0.